The van der Waals surface area contributed by atoms with Crippen molar-refractivity contribution in [2.45, 2.75) is 11.3 Å². The number of rotatable bonds is 5. The zero-order chi connectivity index (χ0) is 18.6. The first kappa shape index (κ1) is 19.0. The molecule has 0 atom stereocenters. The predicted molar refractivity (Wildman–Crippen MR) is 91.7 cm³/mol. The average Bonchev–Trinajstić information content (AvgIpc) is 2.50. The minimum Gasteiger partial charge on any atom is -0.456 e. The number of halogens is 2. The molecule has 10 heteroatoms. The number of hydrogen-bond donors (Lipinski definition) is 2. The van der Waals surface area contributed by atoms with Crippen LogP contribution in [0.25, 0.3) is 0 Å². The number of ether oxygens (including phenoxy) is 1. The van der Waals surface area contributed by atoms with Crippen LogP contribution >= 0.6 is 23.2 Å². The van der Waals surface area contributed by atoms with Crippen LogP contribution in [-0.4, -0.2) is 18.9 Å². The minimum absolute atomic E-state index is 0.0510. The average molecular weight is 401 g/mol. The maximum absolute atomic E-state index is 11.5. The highest BCUT2D eigenvalue weighted by Crippen LogP contribution is 2.34. The van der Waals surface area contributed by atoms with Crippen LogP contribution in [0.5, 0.6) is 11.5 Å². The Hall–Kier alpha value is -2.31. The van der Waals surface area contributed by atoms with Crippen LogP contribution in [0.1, 0.15) is 6.42 Å². The van der Waals surface area contributed by atoms with Gasteiger partial charge in [-0.1, -0.05) is 23.2 Å². The lowest BCUT2D eigenvalue weighted by molar-refractivity contribution is -0.115. The van der Waals surface area contributed by atoms with Crippen LogP contribution in [0.4, 0.5) is 5.69 Å². The fourth-order valence-electron chi connectivity index (χ4n) is 1.83. The smallest absolute Gasteiger partial charge is 0.296 e. The molecular formula is C15H10Cl2N2O5S. The Morgan fingerprint density at radius 2 is 1.96 bits per heavy atom. The molecule has 0 heterocycles. The lowest BCUT2D eigenvalue weighted by atomic mass is 10.2. The molecule has 2 aromatic carbocycles. The second-order valence-electron chi connectivity index (χ2n) is 4.69. The van der Waals surface area contributed by atoms with Gasteiger partial charge in [-0.3, -0.25) is 9.35 Å². The van der Waals surface area contributed by atoms with Crippen LogP contribution in [0, 0.1) is 11.3 Å². The topological polar surface area (TPSA) is 116 Å². The number of amides is 1. The zero-order valence-corrected chi connectivity index (χ0v) is 14.7. The van der Waals surface area contributed by atoms with E-state index in [1.165, 1.54) is 30.3 Å². The Bertz CT molecular complexity index is 970. The first-order valence-electron chi connectivity index (χ1n) is 6.62. The number of anilines is 1. The van der Waals surface area contributed by atoms with Gasteiger partial charge in [0.15, 0.2) is 0 Å². The summed E-state index contributed by atoms with van der Waals surface area (Å²) in [6.07, 6.45) is -0.469. The summed E-state index contributed by atoms with van der Waals surface area (Å²) >= 11 is 11.8. The summed E-state index contributed by atoms with van der Waals surface area (Å²) in [5.74, 6) is -0.453. The van der Waals surface area contributed by atoms with Crippen LogP contribution in [0.2, 0.25) is 10.0 Å². The van der Waals surface area contributed by atoms with E-state index in [0.717, 1.165) is 6.07 Å². The number of carbonyl (C=O) groups excluding carboxylic acids is 1. The van der Waals surface area contributed by atoms with Gasteiger partial charge in [0, 0.05) is 11.1 Å². The second kappa shape index (κ2) is 7.72. The van der Waals surface area contributed by atoms with Crippen LogP contribution in [0.3, 0.4) is 0 Å². The molecule has 0 bridgehead atoms. The highest BCUT2D eigenvalue weighted by molar-refractivity contribution is 7.86. The summed E-state index contributed by atoms with van der Waals surface area (Å²) in [7, 11) is -4.66. The molecule has 0 fully saturated rings. The van der Waals surface area contributed by atoms with Gasteiger partial charge in [-0.25, -0.2) is 0 Å². The van der Waals surface area contributed by atoms with Gasteiger partial charge in [0.05, 0.1) is 16.8 Å². The predicted octanol–water partition coefficient (Wildman–Crippen LogP) is 3.88. The van der Waals surface area contributed by atoms with E-state index in [9.17, 15) is 17.8 Å². The van der Waals surface area contributed by atoms with E-state index in [1.54, 1.807) is 6.07 Å². The fourth-order valence-corrected chi connectivity index (χ4v) is 2.94. The largest absolute Gasteiger partial charge is 0.456 e. The summed E-state index contributed by atoms with van der Waals surface area (Å²) < 4.78 is 37.9. The molecule has 0 saturated heterocycles. The number of benzene rings is 2. The molecule has 0 saturated carbocycles. The summed E-state index contributed by atoms with van der Waals surface area (Å²) in [5.41, 5.74) is -0.183. The minimum atomic E-state index is -4.66. The van der Waals surface area contributed by atoms with Crippen LogP contribution in [-0.2, 0) is 14.9 Å². The van der Waals surface area contributed by atoms with Crippen molar-refractivity contribution in [2.24, 2.45) is 0 Å². The molecular weight excluding hydrogens is 391 g/mol. The van der Waals surface area contributed by atoms with Gasteiger partial charge in [0.1, 0.15) is 22.8 Å². The number of carbonyl (C=O) groups is 1. The van der Waals surface area contributed by atoms with Crippen LogP contribution < -0.4 is 10.1 Å². The quantitative estimate of drug-likeness (QED) is 0.735. The molecule has 0 spiro atoms. The van der Waals surface area contributed by atoms with Gasteiger partial charge < -0.3 is 10.1 Å². The van der Waals surface area contributed by atoms with E-state index in [4.69, 9.17) is 33.2 Å². The highest BCUT2D eigenvalue weighted by Gasteiger charge is 2.19. The van der Waals surface area contributed by atoms with E-state index in [1.807, 2.05) is 0 Å². The Morgan fingerprint density at radius 3 is 2.56 bits per heavy atom. The molecule has 7 nitrogen and oxygen atoms in total. The Kier molecular flexibility index (Phi) is 5.87. The SMILES string of the molecule is N#CCC(=O)Nc1ccc(Oc2ccc(Cl)cc2Cl)cc1S(=O)(=O)O. The van der Waals surface area contributed by atoms with Gasteiger partial charge in [-0.2, -0.15) is 13.7 Å². The standard InChI is InChI=1S/C15H10Cl2N2O5S/c16-9-1-4-13(11(17)7-9)24-10-2-3-12(19-15(20)5-6-18)14(8-10)25(21,22)23/h1-4,7-8H,5H2,(H,19,20)(H,21,22,23). The molecule has 0 aromatic heterocycles. The van der Waals surface area contributed by atoms with Crippen molar-refractivity contribution < 1.29 is 22.5 Å². The molecule has 0 aliphatic carbocycles. The summed E-state index contributed by atoms with van der Waals surface area (Å²) in [6.45, 7) is 0. The molecule has 130 valence electrons. The van der Waals surface area contributed by atoms with E-state index in [2.05, 4.69) is 5.32 Å². The maximum Gasteiger partial charge on any atom is 0.296 e. The van der Waals surface area contributed by atoms with Crippen molar-refractivity contribution in [3.63, 3.8) is 0 Å². The van der Waals surface area contributed by atoms with Crippen molar-refractivity contribution in [1.29, 1.82) is 5.26 Å². The summed E-state index contributed by atoms with van der Waals surface area (Å²) in [5, 5.41) is 11.3. The Labute approximate surface area is 153 Å². The molecule has 25 heavy (non-hydrogen) atoms. The number of nitrogens with zero attached hydrogens (tertiary/aromatic N) is 1. The van der Waals surface area contributed by atoms with Gasteiger partial charge >= 0.3 is 0 Å². The molecule has 0 aliphatic heterocycles. The molecule has 2 aromatic rings. The highest BCUT2D eigenvalue weighted by atomic mass is 35.5. The molecule has 2 rings (SSSR count). The zero-order valence-electron chi connectivity index (χ0n) is 12.4. The molecule has 0 radical (unpaired) electrons. The lowest BCUT2D eigenvalue weighted by Crippen LogP contribution is -2.13. The van der Waals surface area contributed by atoms with Gasteiger partial charge in [-0.15, -0.1) is 0 Å². The molecule has 1 amide bonds. The normalized spacial score (nSPS) is 10.8. The number of nitriles is 1. The van der Waals surface area contributed by atoms with Gasteiger partial charge in [0.2, 0.25) is 5.91 Å². The van der Waals surface area contributed by atoms with E-state index >= 15 is 0 Å². The fraction of sp³-hybridized carbons (Fsp3) is 0.0667. The third kappa shape index (κ3) is 5.08. The second-order valence-corrected chi connectivity index (χ2v) is 6.93. The molecule has 2 N–H and O–H groups in total. The summed E-state index contributed by atoms with van der Waals surface area (Å²) in [6, 6.07) is 9.69. The van der Waals surface area contributed by atoms with Crippen molar-refractivity contribution in [3.05, 3.63) is 46.4 Å². The number of nitrogens with one attached hydrogen (secondary N) is 1. The van der Waals surface area contributed by atoms with Crippen molar-refractivity contribution >= 4 is 44.9 Å². The van der Waals surface area contributed by atoms with Crippen molar-refractivity contribution in [3.8, 4) is 17.6 Å². The first-order chi connectivity index (χ1) is 11.7. The third-order valence-electron chi connectivity index (χ3n) is 2.87. The van der Waals surface area contributed by atoms with E-state index < -0.39 is 27.3 Å². The molecule has 0 aliphatic rings. The van der Waals surface area contributed by atoms with Crippen LogP contribution in [0.15, 0.2) is 41.3 Å². The van der Waals surface area contributed by atoms with E-state index in [0.29, 0.717) is 5.02 Å². The van der Waals surface area contributed by atoms with Crippen molar-refractivity contribution in [2.75, 3.05) is 5.32 Å². The Morgan fingerprint density at radius 1 is 1.24 bits per heavy atom. The molecule has 0 unspecified atom stereocenters. The summed E-state index contributed by atoms with van der Waals surface area (Å²) in [4.78, 5) is 10.9. The number of hydrogen-bond acceptors (Lipinski definition) is 5. The third-order valence-corrected chi connectivity index (χ3v) is 4.29. The van der Waals surface area contributed by atoms with Crippen molar-refractivity contribution in [1.82, 2.24) is 0 Å². The van der Waals surface area contributed by atoms with Gasteiger partial charge in [0.25, 0.3) is 10.1 Å². The van der Waals surface area contributed by atoms with E-state index in [-0.39, 0.29) is 22.2 Å². The van der Waals surface area contributed by atoms with Gasteiger partial charge in [-0.05, 0) is 30.3 Å². The monoisotopic (exact) mass is 400 g/mol. The maximum atomic E-state index is 11.5. The Balaban J connectivity index is 2.39. The lowest BCUT2D eigenvalue weighted by Gasteiger charge is -2.12. The first-order valence-corrected chi connectivity index (χ1v) is 8.81.